The van der Waals surface area contributed by atoms with Gasteiger partial charge < -0.3 is 5.32 Å². The third kappa shape index (κ3) is 2.63. The van der Waals surface area contributed by atoms with Gasteiger partial charge in [0.05, 0.1) is 22.6 Å². The number of anilines is 1. The highest BCUT2D eigenvalue weighted by atomic mass is 35.5. The summed E-state index contributed by atoms with van der Waals surface area (Å²) in [6, 6.07) is 4.85. The third-order valence-corrected chi connectivity index (χ3v) is 3.66. The fraction of sp³-hybridized carbons (Fsp3) is 0.143. The van der Waals surface area contributed by atoms with Gasteiger partial charge in [-0.25, -0.2) is 9.97 Å². The maximum atomic E-state index is 12.2. The van der Waals surface area contributed by atoms with Gasteiger partial charge in [0.25, 0.3) is 5.91 Å². The average molecular weight is 336 g/mol. The molecule has 0 saturated heterocycles. The smallest absolute Gasteiger partial charge is 0.275 e. The molecule has 0 atom stereocenters. The van der Waals surface area contributed by atoms with E-state index in [4.69, 9.17) is 23.2 Å². The third-order valence-electron chi connectivity index (χ3n) is 3.15. The van der Waals surface area contributed by atoms with E-state index in [2.05, 4.69) is 20.4 Å². The van der Waals surface area contributed by atoms with Gasteiger partial charge in [0.2, 0.25) is 0 Å². The van der Waals surface area contributed by atoms with Crippen molar-refractivity contribution in [3.8, 4) is 0 Å². The zero-order valence-corrected chi connectivity index (χ0v) is 13.3. The number of nitrogens with zero attached hydrogens (tertiary/aromatic N) is 4. The molecule has 3 heterocycles. The molecular formula is C14H11Cl2N5O. The lowest BCUT2D eigenvalue weighted by Crippen LogP contribution is -2.14. The number of amides is 1. The first-order valence-electron chi connectivity index (χ1n) is 6.38. The van der Waals surface area contributed by atoms with Gasteiger partial charge in [-0.3, -0.25) is 9.48 Å². The Morgan fingerprint density at radius 1 is 1.32 bits per heavy atom. The zero-order valence-electron chi connectivity index (χ0n) is 11.8. The predicted molar refractivity (Wildman–Crippen MR) is 85.5 cm³/mol. The second kappa shape index (κ2) is 5.55. The summed E-state index contributed by atoms with van der Waals surface area (Å²) in [4.78, 5) is 20.5. The van der Waals surface area contributed by atoms with Crippen LogP contribution in [0, 0.1) is 6.92 Å². The van der Waals surface area contributed by atoms with Crippen LogP contribution in [0.3, 0.4) is 0 Å². The van der Waals surface area contributed by atoms with Gasteiger partial charge in [-0.15, -0.1) is 0 Å². The second-order valence-corrected chi connectivity index (χ2v) is 5.52. The summed E-state index contributed by atoms with van der Waals surface area (Å²) in [7, 11) is 1.82. The van der Waals surface area contributed by atoms with Gasteiger partial charge >= 0.3 is 0 Å². The molecule has 6 nitrogen and oxygen atoms in total. The van der Waals surface area contributed by atoms with E-state index in [0.717, 1.165) is 16.7 Å². The van der Waals surface area contributed by atoms with Crippen molar-refractivity contribution in [2.75, 3.05) is 5.32 Å². The van der Waals surface area contributed by atoms with Crippen LogP contribution in [0.25, 0.3) is 11.0 Å². The predicted octanol–water partition coefficient (Wildman–Crippen LogP) is 3.23. The molecule has 0 aliphatic heterocycles. The summed E-state index contributed by atoms with van der Waals surface area (Å²) in [6.45, 7) is 1.88. The number of fused-ring (bicyclic) bond motifs is 1. The van der Waals surface area contributed by atoms with E-state index in [-0.39, 0.29) is 15.9 Å². The molecule has 112 valence electrons. The Morgan fingerprint density at radius 2 is 2.09 bits per heavy atom. The van der Waals surface area contributed by atoms with Crippen molar-refractivity contribution in [2.45, 2.75) is 6.92 Å². The SMILES string of the molecule is Cc1nn(C)c2ncc(NC(=O)c3nc(Cl)ccc3Cl)cc12. The van der Waals surface area contributed by atoms with E-state index >= 15 is 0 Å². The van der Waals surface area contributed by atoms with Crippen LogP contribution in [0.4, 0.5) is 5.69 Å². The van der Waals surface area contributed by atoms with Crippen LogP contribution in [-0.2, 0) is 7.05 Å². The molecular weight excluding hydrogens is 325 g/mol. The fourth-order valence-corrected chi connectivity index (χ4v) is 2.48. The maximum absolute atomic E-state index is 12.2. The first-order valence-corrected chi connectivity index (χ1v) is 7.14. The van der Waals surface area contributed by atoms with Crippen LogP contribution in [-0.4, -0.2) is 25.7 Å². The first kappa shape index (κ1) is 14.7. The van der Waals surface area contributed by atoms with Crippen molar-refractivity contribution < 1.29 is 4.79 Å². The first-order chi connectivity index (χ1) is 10.5. The van der Waals surface area contributed by atoms with Crippen LogP contribution in [0.1, 0.15) is 16.2 Å². The number of rotatable bonds is 2. The molecule has 0 saturated carbocycles. The number of aromatic nitrogens is 4. The standard InChI is InChI=1S/C14H11Cl2N5O/c1-7-9-5-8(6-17-13(9)21(2)20-7)18-14(22)12-10(15)3-4-11(16)19-12/h3-6H,1-2H3,(H,18,22). The molecule has 1 amide bonds. The molecule has 3 aromatic rings. The van der Waals surface area contributed by atoms with Gasteiger partial charge in [-0.1, -0.05) is 23.2 Å². The summed E-state index contributed by atoms with van der Waals surface area (Å²) in [5.41, 5.74) is 2.18. The largest absolute Gasteiger partial charge is 0.319 e. The Labute approximate surface area is 136 Å². The molecule has 3 rings (SSSR count). The van der Waals surface area contributed by atoms with Crippen LogP contribution >= 0.6 is 23.2 Å². The molecule has 0 radical (unpaired) electrons. The maximum Gasteiger partial charge on any atom is 0.275 e. The van der Waals surface area contributed by atoms with E-state index in [9.17, 15) is 4.79 Å². The Balaban J connectivity index is 1.94. The van der Waals surface area contributed by atoms with Crippen molar-refractivity contribution in [1.82, 2.24) is 19.7 Å². The molecule has 22 heavy (non-hydrogen) atoms. The van der Waals surface area contributed by atoms with Crippen LogP contribution in [0.2, 0.25) is 10.2 Å². The molecule has 1 N–H and O–H groups in total. The summed E-state index contributed by atoms with van der Waals surface area (Å²) in [5.74, 6) is -0.449. The highest BCUT2D eigenvalue weighted by Crippen LogP contribution is 2.21. The molecule has 0 unspecified atom stereocenters. The Bertz CT molecular complexity index is 890. The summed E-state index contributed by atoms with van der Waals surface area (Å²) >= 11 is 11.8. The molecule has 3 aromatic heterocycles. The van der Waals surface area contributed by atoms with E-state index in [1.807, 2.05) is 14.0 Å². The monoisotopic (exact) mass is 335 g/mol. The van der Waals surface area contributed by atoms with Crippen molar-refractivity contribution in [3.63, 3.8) is 0 Å². The molecule has 0 aliphatic carbocycles. The van der Waals surface area contributed by atoms with E-state index in [0.29, 0.717) is 5.69 Å². The minimum Gasteiger partial charge on any atom is -0.319 e. The highest BCUT2D eigenvalue weighted by Gasteiger charge is 2.14. The zero-order chi connectivity index (χ0) is 15.9. The summed E-state index contributed by atoms with van der Waals surface area (Å²) < 4.78 is 1.69. The number of pyridine rings is 2. The lowest BCUT2D eigenvalue weighted by Gasteiger charge is -2.06. The molecule has 0 spiro atoms. The normalized spacial score (nSPS) is 10.9. The van der Waals surface area contributed by atoms with Crippen LogP contribution < -0.4 is 5.32 Å². The minimum atomic E-state index is -0.449. The number of halogens is 2. The van der Waals surface area contributed by atoms with Gasteiger partial charge in [-0.2, -0.15) is 5.10 Å². The summed E-state index contributed by atoms with van der Waals surface area (Å²) in [5, 5.41) is 8.29. The van der Waals surface area contributed by atoms with Crippen LogP contribution in [0.5, 0.6) is 0 Å². The molecule has 0 fully saturated rings. The highest BCUT2D eigenvalue weighted by molar-refractivity contribution is 6.35. The number of carbonyl (C=O) groups excluding carboxylic acids is 1. The molecule has 8 heteroatoms. The quantitative estimate of drug-likeness (QED) is 0.729. The number of hydrogen-bond donors (Lipinski definition) is 1. The topological polar surface area (TPSA) is 72.7 Å². The number of nitrogens with one attached hydrogen (secondary N) is 1. The van der Waals surface area contributed by atoms with Gasteiger partial charge in [0, 0.05) is 12.4 Å². The van der Waals surface area contributed by atoms with Crippen molar-refractivity contribution in [2.24, 2.45) is 7.05 Å². The van der Waals surface area contributed by atoms with Gasteiger partial charge in [0.1, 0.15) is 10.8 Å². The van der Waals surface area contributed by atoms with Crippen molar-refractivity contribution >= 4 is 45.8 Å². The van der Waals surface area contributed by atoms with Crippen LogP contribution in [0.15, 0.2) is 24.4 Å². The second-order valence-electron chi connectivity index (χ2n) is 4.72. The van der Waals surface area contributed by atoms with Crippen molar-refractivity contribution in [3.05, 3.63) is 46.0 Å². The average Bonchev–Trinajstić information content (AvgIpc) is 2.76. The Kier molecular flexibility index (Phi) is 3.72. The lowest BCUT2D eigenvalue weighted by molar-refractivity contribution is 0.102. The minimum absolute atomic E-state index is 0.0668. The number of aryl methyl sites for hydroxylation is 2. The number of carbonyl (C=O) groups is 1. The Morgan fingerprint density at radius 3 is 2.86 bits per heavy atom. The molecule has 0 aliphatic rings. The molecule has 0 bridgehead atoms. The summed E-state index contributed by atoms with van der Waals surface area (Å²) in [6.07, 6.45) is 1.56. The Hall–Kier alpha value is -2.18. The fourth-order valence-electron chi connectivity index (χ4n) is 2.14. The lowest BCUT2D eigenvalue weighted by atomic mass is 10.2. The molecule has 0 aromatic carbocycles. The van der Waals surface area contributed by atoms with E-state index in [1.54, 1.807) is 16.9 Å². The van der Waals surface area contributed by atoms with Crippen molar-refractivity contribution in [1.29, 1.82) is 0 Å². The van der Waals surface area contributed by atoms with E-state index < -0.39 is 5.91 Å². The number of hydrogen-bond acceptors (Lipinski definition) is 4. The van der Waals surface area contributed by atoms with Gasteiger partial charge in [-0.05, 0) is 25.1 Å². The van der Waals surface area contributed by atoms with Gasteiger partial charge in [0.15, 0.2) is 5.65 Å². The van der Waals surface area contributed by atoms with E-state index in [1.165, 1.54) is 12.1 Å².